The van der Waals surface area contributed by atoms with Crippen molar-refractivity contribution in [1.29, 1.82) is 0 Å². The van der Waals surface area contributed by atoms with Gasteiger partial charge in [-0.1, -0.05) is 146 Å². The van der Waals surface area contributed by atoms with Crippen LogP contribution in [0.2, 0.25) is 0 Å². The topological polar surface area (TPSA) is 34.1 Å². The Hall–Kier alpha value is -4.30. The molecule has 0 atom stereocenters. The predicted molar refractivity (Wildman–Crippen MR) is 146 cm³/mol. The summed E-state index contributed by atoms with van der Waals surface area (Å²) in [5, 5.41) is 0. The normalized spacial score (nSPS) is 21.3. The van der Waals surface area contributed by atoms with Crippen LogP contribution in [0.4, 0.5) is 0 Å². The van der Waals surface area contributed by atoms with E-state index < -0.39 is 0 Å². The molecule has 1 fully saturated rings. The van der Waals surface area contributed by atoms with E-state index in [4.69, 9.17) is 0 Å². The van der Waals surface area contributed by atoms with E-state index in [0.717, 1.165) is 11.1 Å². The molecular weight excluding hydrogens is 440 g/mol. The maximum Gasteiger partial charge on any atom is 0.167 e. The highest BCUT2D eigenvalue weighted by molar-refractivity contribution is 6.04. The zero-order chi connectivity index (χ0) is 24.7. The van der Waals surface area contributed by atoms with Crippen LogP contribution in [-0.4, -0.2) is 11.6 Å². The van der Waals surface area contributed by atoms with E-state index in [1.165, 1.54) is 0 Å². The van der Waals surface area contributed by atoms with E-state index in [2.05, 4.69) is 12.2 Å². The van der Waals surface area contributed by atoms with Crippen molar-refractivity contribution in [2.24, 2.45) is 23.7 Å². The average Bonchev–Trinajstić information content (AvgIpc) is 2.94. The third-order valence-electron chi connectivity index (χ3n) is 7.00. The number of benzene rings is 4. The van der Waals surface area contributed by atoms with E-state index in [9.17, 15) is 9.59 Å². The van der Waals surface area contributed by atoms with Crippen LogP contribution in [0.5, 0.6) is 0 Å². The van der Waals surface area contributed by atoms with Gasteiger partial charge in [-0.15, -0.1) is 0 Å². The second kappa shape index (κ2) is 11.0. The molecule has 4 aromatic carbocycles. The van der Waals surface area contributed by atoms with Crippen molar-refractivity contribution in [2.45, 2.75) is 0 Å². The van der Waals surface area contributed by atoms with Crippen LogP contribution in [0.3, 0.4) is 0 Å². The summed E-state index contributed by atoms with van der Waals surface area (Å²) < 4.78 is 0. The number of ketones is 2. The fourth-order valence-electron chi connectivity index (χ4n) is 5.15. The average molecular weight is 469 g/mol. The Labute approximate surface area is 212 Å². The first kappa shape index (κ1) is 23.4. The SMILES string of the molecule is O=C(c1ccccc1)C1C(/C=C/c2ccccc2)C(C(=O)c2ccccc2)C1/C=C/c1ccccc1. The quantitative estimate of drug-likeness (QED) is 0.249. The van der Waals surface area contributed by atoms with Crippen molar-refractivity contribution in [2.75, 3.05) is 0 Å². The Morgan fingerprint density at radius 3 is 1.08 bits per heavy atom. The van der Waals surface area contributed by atoms with Crippen LogP contribution in [0.1, 0.15) is 31.8 Å². The summed E-state index contributed by atoms with van der Waals surface area (Å²) in [6.07, 6.45) is 8.22. The molecule has 1 aliphatic carbocycles. The Balaban J connectivity index is 1.55. The lowest BCUT2D eigenvalue weighted by Crippen LogP contribution is -2.52. The summed E-state index contributed by atoms with van der Waals surface area (Å²) >= 11 is 0. The number of carbonyl (C=O) groups excluding carboxylic acids is 2. The first-order chi connectivity index (χ1) is 17.7. The van der Waals surface area contributed by atoms with Crippen LogP contribution in [-0.2, 0) is 0 Å². The van der Waals surface area contributed by atoms with Gasteiger partial charge in [0.2, 0.25) is 0 Å². The van der Waals surface area contributed by atoms with Gasteiger partial charge in [-0.3, -0.25) is 9.59 Å². The molecular formula is C34H28O2. The number of carbonyl (C=O) groups is 2. The van der Waals surface area contributed by atoms with Gasteiger partial charge in [0, 0.05) is 23.0 Å². The van der Waals surface area contributed by atoms with Gasteiger partial charge < -0.3 is 0 Å². The lowest BCUT2D eigenvalue weighted by atomic mass is 9.52. The van der Waals surface area contributed by atoms with E-state index in [-0.39, 0.29) is 35.2 Å². The molecule has 0 unspecified atom stereocenters. The summed E-state index contributed by atoms with van der Waals surface area (Å²) in [7, 11) is 0. The standard InChI is InChI=1S/C34H28O2/c35-33(27-17-9-3-10-18-27)31-29(23-21-25-13-5-1-6-14-25)32(34(36)28-19-11-4-12-20-28)30(31)24-22-26-15-7-2-8-16-26/h1-24,29-32H/b23-21+,24-22+. The minimum atomic E-state index is -0.315. The molecule has 0 amide bonds. The molecule has 0 saturated heterocycles. The molecule has 2 heteroatoms. The fourth-order valence-corrected chi connectivity index (χ4v) is 5.15. The predicted octanol–water partition coefficient (Wildman–Crippen LogP) is 7.66. The van der Waals surface area contributed by atoms with Crippen LogP contribution in [0.15, 0.2) is 133 Å². The molecule has 4 aromatic rings. The highest BCUT2D eigenvalue weighted by atomic mass is 16.1. The van der Waals surface area contributed by atoms with Crippen LogP contribution in [0, 0.1) is 23.7 Å². The van der Waals surface area contributed by atoms with E-state index in [0.29, 0.717) is 11.1 Å². The molecule has 0 spiro atoms. The summed E-state index contributed by atoms with van der Waals surface area (Å²) in [5.74, 6) is -0.863. The number of rotatable bonds is 8. The smallest absolute Gasteiger partial charge is 0.167 e. The minimum absolute atomic E-state index is 0.0816. The maximum atomic E-state index is 13.8. The zero-order valence-electron chi connectivity index (χ0n) is 20.0. The summed E-state index contributed by atoms with van der Waals surface area (Å²) in [5.41, 5.74) is 3.48. The second-order valence-corrected chi connectivity index (χ2v) is 9.21. The molecule has 0 aliphatic heterocycles. The highest BCUT2D eigenvalue weighted by Crippen LogP contribution is 2.51. The van der Waals surface area contributed by atoms with E-state index in [1.54, 1.807) is 0 Å². The van der Waals surface area contributed by atoms with Gasteiger partial charge in [-0.25, -0.2) is 0 Å². The molecule has 5 rings (SSSR count). The van der Waals surface area contributed by atoms with Crippen molar-refractivity contribution in [3.05, 3.63) is 156 Å². The van der Waals surface area contributed by atoms with Crippen LogP contribution < -0.4 is 0 Å². The summed E-state index contributed by atoms with van der Waals surface area (Å²) in [6, 6.07) is 38.9. The van der Waals surface area contributed by atoms with Gasteiger partial charge in [-0.05, 0) is 23.0 Å². The molecule has 0 N–H and O–H groups in total. The summed E-state index contributed by atoms with van der Waals surface area (Å²) in [6.45, 7) is 0. The molecule has 0 radical (unpaired) electrons. The number of hydrogen-bond donors (Lipinski definition) is 0. The largest absolute Gasteiger partial charge is 0.294 e. The van der Waals surface area contributed by atoms with Gasteiger partial charge in [0.05, 0.1) is 0 Å². The van der Waals surface area contributed by atoms with Gasteiger partial charge in [0.15, 0.2) is 11.6 Å². The maximum absolute atomic E-state index is 13.8. The molecule has 0 aromatic heterocycles. The van der Waals surface area contributed by atoms with E-state index >= 15 is 0 Å². The van der Waals surface area contributed by atoms with Gasteiger partial charge >= 0.3 is 0 Å². The Morgan fingerprint density at radius 1 is 0.444 bits per heavy atom. The third kappa shape index (κ3) is 5.04. The summed E-state index contributed by atoms with van der Waals surface area (Å²) in [4.78, 5) is 27.6. The van der Waals surface area contributed by atoms with Crippen molar-refractivity contribution in [3.63, 3.8) is 0 Å². The number of hydrogen-bond acceptors (Lipinski definition) is 2. The zero-order valence-corrected chi connectivity index (χ0v) is 20.0. The first-order valence-electron chi connectivity index (χ1n) is 12.4. The molecule has 36 heavy (non-hydrogen) atoms. The number of allylic oxidation sites excluding steroid dienone is 2. The number of Topliss-reactive ketones (excluding diaryl/α,β-unsaturated/α-hetero) is 2. The second-order valence-electron chi connectivity index (χ2n) is 9.21. The fraction of sp³-hybridized carbons (Fsp3) is 0.118. The van der Waals surface area contributed by atoms with Crippen molar-refractivity contribution >= 4 is 23.7 Å². The minimum Gasteiger partial charge on any atom is -0.294 e. The Morgan fingerprint density at radius 2 is 0.750 bits per heavy atom. The lowest BCUT2D eigenvalue weighted by molar-refractivity contribution is 0.0335. The highest BCUT2D eigenvalue weighted by Gasteiger charge is 2.54. The van der Waals surface area contributed by atoms with Crippen molar-refractivity contribution < 1.29 is 9.59 Å². The monoisotopic (exact) mass is 468 g/mol. The van der Waals surface area contributed by atoms with Gasteiger partial charge in [0.1, 0.15) is 0 Å². The molecule has 0 bridgehead atoms. The molecule has 1 saturated carbocycles. The third-order valence-corrected chi connectivity index (χ3v) is 7.00. The molecule has 2 nitrogen and oxygen atoms in total. The van der Waals surface area contributed by atoms with Gasteiger partial charge in [-0.2, -0.15) is 0 Å². The Kier molecular flexibility index (Phi) is 7.14. The molecule has 176 valence electrons. The van der Waals surface area contributed by atoms with Crippen LogP contribution >= 0.6 is 0 Å². The van der Waals surface area contributed by atoms with Gasteiger partial charge in [0.25, 0.3) is 0 Å². The Bertz CT molecular complexity index is 1240. The van der Waals surface area contributed by atoms with E-state index in [1.807, 2.05) is 133 Å². The van der Waals surface area contributed by atoms with Crippen LogP contribution in [0.25, 0.3) is 12.2 Å². The molecule has 0 heterocycles. The lowest BCUT2D eigenvalue weighted by Gasteiger charge is -2.48. The van der Waals surface area contributed by atoms with Crippen molar-refractivity contribution in [1.82, 2.24) is 0 Å². The van der Waals surface area contributed by atoms with Crippen molar-refractivity contribution in [3.8, 4) is 0 Å². The molecule has 1 aliphatic rings. The first-order valence-corrected chi connectivity index (χ1v) is 12.4.